The average Bonchev–Trinajstić information content (AvgIpc) is 2.72. The summed E-state index contributed by atoms with van der Waals surface area (Å²) in [6, 6.07) is 0. The van der Waals surface area contributed by atoms with Crippen LogP contribution < -0.4 is 0 Å². The van der Waals surface area contributed by atoms with Crippen LogP contribution in [0, 0.1) is 23.2 Å². The second kappa shape index (κ2) is 10.2. The molecule has 0 fully saturated rings. The summed E-state index contributed by atoms with van der Waals surface area (Å²) in [6.45, 7) is 14.1. The standard InChI is InChI=1S/C30H44/c1-22-9-13-27(14-10-22)25(4)8-7-18-30(6)19-17-24(3)20-29(30)21-26(5)28-15-11-23(2)12-16-28/h7-9,11,18,20-21,27-29H,10,12-17,19H2,1-6H3. The first-order valence-electron chi connectivity index (χ1n) is 12.3. The molecule has 0 aromatic heterocycles. The van der Waals surface area contributed by atoms with Gasteiger partial charge < -0.3 is 0 Å². The highest BCUT2D eigenvalue weighted by molar-refractivity contribution is 5.27. The third-order valence-corrected chi connectivity index (χ3v) is 8.13. The van der Waals surface area contributed by atoms with Crippen molar-refractivity contribution in [1.82, 2.24) is 0 Å². The maximum atomic E-state index is 2.61. The maximum Gasteiger partial charge on any atom is 0.00404 e. The zero-order chi connectivity index (χ0) is 21.7. The number of rotatable bonds is 5. The lowest BCUT2D eigenvalue weighted by Crippen LogP contribution is -2.26. The second-order valence-electron chi connectivity index (χ2n) is 10.8. The van der Waals surface area contributed by atoms with Crippen molar-refractivity contribution in [3.05, 3.63) is 70.4 Å². The van der Waals surface area contributed by atoms with Gasteiger partial charge in [-0.3, -0.25) is 0 Å². The second-order valence-corrected chi connectivity index (χ2v) is 10.8. The predicted molar refractivity (Wildman–Crippen MR) is 133 cm³/mol. The van der Waals surface area contributed by atoms with Gasteiger partial charge in [-0.15, -0.1) is 0 Å². The molecule has 3 aliphatic carbocycles. The lowest BCUT2D eigenvalue weighted by Gasteiger charge is -2.37. The molecule has 0 aliphatic heterocycles. The normalized spacial score (nSPS) is 33.9. The molecule has 0 radical (unpaired) electrons. The largest absolute Gasteiger partial charge is 0.0850 e. The Morgan fingerprint density at radius 1 is 0.867 bits per heavy atom. The van der Waals surface area contributed by atoms with Crippen LogP contribution in [0.25, 0.3) is 0 Å². The van der Waals surface area contributed by atoms with Crippen molar-refractivity contribution in [1.29, 1.82) is 0 Å². The summed E-state index contributed by atoms with van der Waals surface area (Å²) in [5.41, 5.74) is 8.08. The number of allylic oxidation sites excluding steroid dienone is 12. The summed E-state index contributed by atoms with van der Waals surface area (Å²) in [5.74, 6) is 1.99. The molecule has 3 rings (SSSR count). The molecule has 0 nitrogen and oxygen atoms in total. The van der Waals surface area contributed by atoms with Gasteiger partial charge in [-0.05, 0) is 103 Å². The number of hydrogen-bond donors (Lipinski definition) is 0. The van der Waals surface area contributed by atoms with Crippen LogP contribution in [0.3, 0.4) is 0 Å². The highest BCUT2D eigenvalue weighted by Gasteiger charge is 2.32. The Balaban J connectivity index is 1.73. The molecule has 0 spiro atoms. The molecule has 0 saturated heterocycles. The summed E-state index contributed by atoms with van der Waals surface area (Å²) in [6.07, 6.45) is 27.5. The topological polar surface area (TPSA) is 0 Å². The fourth-order valence-corrected chi connectivity index (χ4v) is 5.38. The van der Waals surface area contributed by atoms with Gasteiger partial charge in [-0.1, -0.05) is 77.3 Å². The molecule has 0 bridgehead atoms. The molecule has 0 N–H and O–H groups in total. The molecule has 0 aromatic rings. The number of hydrogen-bond acceptors (Lipinski definition) is 0. The van der Waals surface area contributed by atoms with E-state index in [4.69, 9.17) is 0 Å². The van der Waals surface area contributed by atoms with Gasteiger partial charge >= 0.3 is 0 Å². The summed E-state index contributed by atoms with van der Waals surface area (Å²) < 4.78 is 0. The molecule has 4 unspecified atom stereocenters. The first kappa shape index (κ1) is 23.1. The van der Waals surface area contributed by atoms with E-state index in [0.717, 1.165) is 11.8 Å². The van der Waals surface area contributed by atoms with E-state index in [1.807, 2.05) is 0 Å². The smallest absolute Gasteiger partial charge is 0.00404 e. The van der Waals surface area contributed by atoms with Crippen LogP contribution in [0.15, 0.2) is 70.4 Å². The Morgan fingerprint density at radius 3 is 2.03 bits per heavy atom. The summed E-state index contributed by atoms with van der Waals surface area (Å²) in [7, 11) is 0. The van der Waals surface area contributed by atoms with E-state index in [0.29, 0.717) is 5.92 Å². The van der Waals surface area contributed by atoms with Crippen molar-refractivity contribution in [2.24, 2.45) is 23.2 Å². The molecule has 0 aromatic carbocycles. The first-order valence-corrected chi connectivity index (χ1v) is 12.3. The van der Waals surface area contributed by atoms with Crippen LogP contribution in [0.2, 0.25) is 0 Å². The monoisotopic (exact) mass is 404 g/mol. The molecular formula is C30H44. The van der Waals surface area contributed by atoms with Crippen molar-refractivity contribution in [2.45, 2.75) is 92.9 Å². The van der Waals surface area contributed by atoms with Crippen molar-refractivity contribution >= 4 is 0 Å². The molecule has 0 saturated carbocycles. The Morgan fingerprint density at radius 2 is 1.47 bits per heavy atom. The highest BCUT2D eigenvalue weighted by atomic mass is 14.4. The van der Waals surface area contributed by atoms with Gasteiger partial charge in [-0.2, -0.15) is 0 Å². The van der Waals surface area contributed by atoms with Crippen LogP contribution in [0.1, 0.15) is 92.9 Å². The van der Waals surface area contributed by atoms with Gasteiger partial charge in [0.05, 0.1) is 0 Å². The molecule has 164 valence electrons. The van der Waals surface area contributed by atoms with E-state index in [9.17, 15) is 0 Å². The zero-order valence-corrected chi connectivity index (χ0v) is 20.4. The van der Waals surface area contributed by atoms with Gasteiger partial charge in [0.15, 0.2) is 0 Å². The minimum atomic E-state index is 0.223. The third-order valence-electron chi connectivity index (χ3n) is 8.13. The molecular weight excluding hydrogens is 360 g/mol. The van der Waals surface area contributed by atoms with Crippen molar-refractivity contribution < 1.29 is 0 Å². The van der Waals surface area contributed by atoms with Gasteiger partial charge in [0.1, 0.15) is 0 Å². The lowest BCUT2D eigenvalue weighted by atomic mass is 9.67. The highest BCUT2D eigenvalue weighted by Crippen LogP contribution is 2.43. The van der Waals surface area contributed by atoms with Crippen molar-refractivity contribution in [3.63, 3.8) is 0 Å². The molecule has 4 atom stereocenters. The maximum absolute atomic E-state index is 2.61. The van der Waals surface area contributed by atoms with E-state index < -0.39 is 0 Å². The van der Waals surface area contributed by atoms with E-state index in [1.165, 1.54) is 51.4 Å². The Bertz CT molecular complexity index is 794. The fraction of sp³-hybridized carbons (Fsp3) is 0.600. The van der Waals surface area contributed by atoms with E-state index >= 15 is 0 Å². The molecule has 3 aliphatic rings. The zero-order valence-electron chi connectivity index (χ0n) is 20.4. The Kier molecular flexibility index (Phi) is 7.83. The first-order chi connectivity index (χ1) is 14.3. The van der Waals surface area contributed by atoms with Crippen LogP contribution in [0.4, 0.5) is 0 Å². The van der Waals surface area contributed by atoms with Crippen LogP contribution >= 0.6 is 0 Å². The van der Waals surface area contributed by atoms with Crippen molar-refractivity contribution in [3.8, 4) is 0 Å². The van der Waals surface area contributed by atoms with Crippen LogP contribution in [-0.2, 0) is 0 Å². The average molecular weight is 405 g/mol. The molecule has 0 heteroatoms. The van der Waals surface area contributed by atoms with Crippen molar-refractivity contribution in [2.75, 3.05) is 0 Å². The molecule has 0 heterocycles. The Hall–Kier alpha value is -1.56. The molecule has 0 amide bonds. The van der Waals surface area contributed by atoms with Crippen LogP contribution in [-0.4, -0.2) is 0 Å². The minimum absolute atomic E-state index is 0.223. The fourth-order valence-electron chi connectivity index (χ4n) is 5.38. The van der Waals surface area contributed by atoms with Gasteiger partial charge in [0.25, 0.3) is 0 Å². The van der Waals surface area contributed by atoms with E-state index in [1.54, 1.807) is 27.9 Å². The van der Waals surface area contributed by atoms with Crippen LogP contribution in [0.5, 0.6) is 0 Å². The van der Waals surface area contributed by atoms with Gasteiger partial charge in [-0.25, -0.2) is 0 Å². The summed E-state index contributed by atoms with van der Waals surface area (Å²) in [4.78, 5) is 0. The lowest BCUT2D eigenvalue weighted by molar-refractivity contribution is 0.309. The predicted octanol–water partition coefficient (Wildman–Crippen LogP) is 9.29. The van der Waals surface area contributed by atoms with E-state index in [-0.39, 0.29) is 5.41 Å². The summed E-state index contributed by atoms with van der Waals surface area (Å²) in [5, 5.41) is 0. The SMILES string of the molecule is CC1=CCC(C(C)=CC=CC2(C)CCC(C)=CC2C=C(C)C2CC=C(C)CC2)CC1. The van der Waals surface area contributed by atoms with Gasteiger partial charge in [0.2, 0.25) is 0 Å². The quantitative estimate of drug-likeness (QED) is 0.316. The third kappa shape index (κ3) is 5.99. The minimum Gasteiger partial charge on any atom is -0.0850 e. The van der Waals surface area contributed by atoms with Gasteiger partial charge in [0, 0.05) is 5.92 Å². The molecule has 30 heavy (non-hydrogen) atoms. The Labute approximate surface area is 186 Å². The van der Waals surface area contributed by atoms with E-state index in [2.05, 4.69) is 84.1 Å². The summed E-state index contributed by atoms with van der Waals surface area (Å²) >= 11 is 0.